The summed E-state index contributed by atoms with van der Waals surface area (Å²) < 4.78 is 0. The predicted molar refractivity (Wildman–Crippen MR) is 129 cm³/mol. The van der Waals surface area contributed by atoms with Crippen LogP contribution in [0.4, 0.5) is 0 Å². The smallest absolute Gasteiger partial charge is 0.175 e. The van der Waals surface area contributed by atoms with Crippen LogP contribution in [0.1, 0.15) is 0 Å². The Morgan fingerprint density at radius 2 is 0.676 bits per heavy atom. The monoisotopic (exact) mass is 442 g/mol. The second kappa shape index (κ2) is 7.20. The third kappa shape index (κ3) is 3.05. The van der Waals surface area contributed by atoms with Gasteiger partial charge in [0, 0.05) is 21.5 Å². The minimum absolute atomic E-state index is 0.425. The molecule has 0 unspecified atom stereocenters. The van der Waals surface area contributed by atoms with Crippen molar-refractivity contribution in [2.24, 2.45) is 0 Å². The van der Waals surface area contributed by atoms with Gasteiger partial charge in [0.25, 0.3) is 0 Å². The predicted octanol–water partition coefficient (Wildman–Crippen LogP) is 4.11. The van der Waals surface area contributed by atoms with Gasteiger partial charge in [-0.25, -0.2) is 29.9 Å². The molecule has 0 spiro atoms. The summed E-state index contributed by atoms with van der Waals surface area (Å²) in [5.74, 6) is 0. The minimum atomic E-state index is 0.425. The summed E-state index contributed by atoms with van der Waals surface area (Å²) in [6.45, 7) is 0. The van der Waals surface area contributed by atoms with E-state index in [9.17, 15) is 0 Å². The molecular weight excluding hydrogens is 428 g/mol. The van der Waals surface area contributed by atoms with Gasteiger partial charge in [-0.1, -0.05) is 48.5 Å². The molecule has 0 saturated heterocycles. The van der Waals surface area contributed by atoms with Crippen LogP contribution in [-0.2, 0) is 0 Å². The molecule has 0 aliphatic heterocycles. The molecule has 7 rings (SSSR count). The number of hydrogen-bond acceptors (Lipinski definition) is 8. The van der Waals surface area contributed by atoms with E-state index in [1.807, 2.05) is 48.5 Å². The highest BCUT2D eigenvalue weighted by Gasteiger charge is 2.07. The summed E-state index contributed by atoms with van der Waals surface area (Å²) in [5.41, 5.74) is 4.18. The first-order valence-electron chi connectivity index (χ1n) is 10.5. The molecule has 5 aromatic heterocycles. The first kappa shape index (κ1) is 18.5. The zero-order valence-electron chi connectivity index (χ0n) is 17.5. The highest BCUT2D eigenvalue weighted by molar-refractivity contribution is 6.05. The number of H-pyrrole nitrogens is 2. The molecule has 160 valence electrons. The number of hydrogen-bond donors (Lipinski definition) is 2. The van der Waals surface area contributed by atoms with E-state index >= 15 is 0 Å². The van der Waals surface area contributed by atoms with Gasteiger partial charge < -0.3 is 9.97 Å². The van der Waals surface area contributed by atoms with Gasteiger partial charge in [0.15, 0.2) is 22.6 Å². The molecule has 0 aliphatic carbocycles. The number of rotatable bonds is 0. The van der Waals surface area contributed by atoms with Crippen LogP contribution in [0.2, 0.25) is 0 Å². The van der Waals surface area contributed by atoms with E-state index in [0.717, 1.165) is 21.5 Å². The van der Waals surface area contributed by atoms with Crippen LogP contribution in [-0.4, -0.2) is 49.8 Å². The standard InChI is InChI=1S/C24H14N10/c1-2-6-14-13(5-1)21-29-17-9-25-11-19(27-17)31-23-15-7-3-4-8-16(15)24(34-23)32-20-12-26-10-18(28-20)30-22(14)33-21/h1-12H,(H2,27,28,29,30,31,32,33,34). The van der Waals surface area contributed by atoms with Crippen LogP contribution in [0.5, 0.6) is 0 Å². The Hall–Kier alpha value is -5.12. The van der Waals surface area contributed by atoms with Gasteiger partial charge in [-0.05, 0) is 0 Å². The van der Waals surface area contributed by atoms with Crippen molar-refractivity contribution in [3.05, 3.63) is 73.3 Å². The van der Waals surface area contributed by atoms with Gasteiger partial charge in [-0.2, -0.15) is 0 Å². The van der Waals surface area contributed by atoms with E-state index in [-0.39, 0.29) is 0 Å². The molecule has 7 aromatic rings. The van der Waals surface area contributed by atoms with Crippen LogP contribution in [0.3, 0.4) is 0 Å². The molecule has 34 heavy (non-hydrogen) atoms. The van der Waals surface area contributed by atoms with Crippen LogP contribution in [0, 0.1) is 0 Å². The molecule has 0 saturated carbocycles. The summed E-state index contributed by atoms with van der Waals surface area (Å²) in [5, 5.41) is 3.62. The van der Waals surface area contributed by atoms with E-state index in [1.165, 1.54) is 0 Å². The van der Waals surface area contributed by atoms with Crippen molar-refractivity contribution < 1.29 is 0 Å². The quantitative estimate of drug-likeness (QED) is 0.358. The third-order valence-corrected chi connectivity index (χ3v) is 5.47. The normalized spacial score (nSPS) is 11.5. The molecule has 0 amide bonds. The van der Waals surface area contributed by atoms with Crippen molar-refractivity contribution in [1.29, 1.82) is 0 Å². The van der Waals surface area contributed by atoms with Gasteiger partial charge in [0.05, 0.1) is 24.8 Å². The Bertz CT molecular complexity index is 1710. The molecule has 8 bridgehead atoms. The molecule has 0 atom stereocenters. The van der Waals surface area contributed by atoms with Crippen molar-refractivity contribution in [3.63, 3.8) is 0 Å². The average molecular weight is 442 g/mol. The SMILES string of the molecule is c1ccc2c3nc4cncc(n4)nc4[nH]c(nc5cncc(n5)nc([nH]3)c2c1)c1ccccc41. The van der Waals surface area contributed by atoms with Gasteiger partial charge in [0.1, 0.15) is 22.6 Å². The van der Waals surface area contributed by atoms with E-state index in [1.54, 1.807) is 24.8 Å². The molecule has 0 radical (unpaired) electrons. The first-order chi connectivity index (χ1) is 16.8. The highest BCUT2D eigenvalue weighted by Crippen LogP contribution is 2.23. The Balaban J connectivity index is 1.71. The molecular formula is C24H14N10. The van der Waals surface area contributed by atoms with Crippen LogP contribution < -0.4 is 0 Å². The summed E-state index contributed by atoms with van der Waals surface area (Å²) in [6.07, 6.45) is 6.38. The third-order valence-electron chi connectivity index (χ3n) is 5.47. The highest BCUT2D eigenvalue weighted by atomic mass is 15.0. The molecule has 2 aromatic carbocycles. The molecule has 10 nitrogen and oxygen atoms in total. The van der Waals surface area contributed by atoms with Gasteiger partial charge in [-0.15, -0.1) is 0 Å². The van der Waals surface area contributed by atoms with E-state index < -0.39 is 0 Å². The van der Waals surface area contributed by atoms with Crippen LogP contribution >= 0.6 is 0 Å². The maximum atomic E-state index is 4.70. The number of benzene rings is 2. The molecule has 10 heteroatoms. The van der Waals surface area contributed by atoms with E-state index in [4.69, 9.17) is 19.9 Å². The number of aromatic amines is 2. The first-order valence-corrected chi connectivity index (χ1v) is 10.5. The van der Waals surface area contributed by atoms with Crippen LogP contribution in [0.25, 0.3) is 66.7 Å². The summed E-state index contributed by atoms with van der Waals surface area (Å²) in [4.78, 5) is 43.1. The maximum Gasteiger partial charge on any atom is 0.175 e. The van der Waals surface area contributed by atoms with Crippen molar-refractivity contribution in [3.8, 4) is 0 Å². The fraction of sp³-hybridized carbons (Fsp3) is 0. The average Bonchev–Trinajstić information content (AvgIpc) is 3.37. The van der Waals surface area contributed by atoms with Crippen molar-refractivity contribution in [2.75, 3.05) is 0 Å². The Morgan fingerprint density at radius 3 is 0.971 bits per heavy atom. The molecule has 0 fully saturated rings. The lowest BCUT2D eigenvalue weighted by atomic mass is 10.2. The summed E-state index contributed by atoms with van der Waals surface area (Å²) in [6, 6.07) is 15.7. The number of fused-ring (bicyclic) bond motifs is 14. The summed E-state index contributed by atoms with van der Waals surface area (Å²) in [7, 11) is 0. The van der Waals surface area contributed by atoms with Crippen molar-refractivity contribution in [2.45, 2.75) is 0 Å². The molecule has 0 aliphatic rings. The fourth-order valence-electron chi connectivity index (χ4n) is 4.00. The lowest BCUT2D eigenvalue weighted by Crippen LogP contribution is -1.87. The zero-order chi connectivity index (χ0) is 22.5. The lowest BCUT2D eigenvalue weighted by molar-refractivity contribution is 1.19. The fourth-order valence-corrected chi connectivity index (χ4v) is 4.00. The van der Waals surface area contributed by atoms with E-state index in [2.05, 4.69) is 29.9 Å². The lowest BCUT2D eigenvalue weighted by Gasteiger charge is -1.90. The van der Waals surface area contributed by atoms with Gasteiger partial charge in [-0.3, -0.25) is 9.97 Å². The molecule has 2 N–H and O–H groups in total. The number of nitrogens with zero attached hydrogens (tertiary/aromatic N) is 8. The topological polar surface area (TPSA) is 135 Å². The van der Waals surface area contributed by atoms with Gasteiger partial charge >= 0.3 is 0 Å². The van der Waals surface area contributed by atoms with Crippen molar-refractivity contribution >= 4 is 66.7 Å². The number of nitrogens with one attached hydrogen (secondary N) is 2. The second-order valence-electron chi connectivity index (χ2n) is 7.65. The van der Waals surface area contributed by atoms with Crippen LogP contribution in [0.15, 0.2) is 73.3 Å². The van der Waals surface area contributed by atoms with Gasteiger partial charge in [0.2, 0.25) is 0 Å². The Kier molecular flexibility index (Phi) is 3.91. The summed E-state index contributed by atoms with van der Waals surface area (Å²) >= 11 is 0. The molecule has 5 heterocycles. The minimum Gasteiger partial charge on any atom is -0.324 e. The zero-order valence-corrected chi connectivity index (χ0v) is 17.5. The number of aromatic nitrogens is 10. The Morgan fingerprint density at radius 1 is 0.382 bits per heavy atom. The largest absolute Gasteiger partial charge is 0.324 e. The van der Waals surface area contributed by atoms with E-state index in [0.29, 0.717) is 45.2 Å². The maximum absolute atomic E-state index is 4.70. The Labute approximate surface area is 190 Å². The second-order valence-corrected chi connectivity index (χ2v) is 7.65. The van der Waals surface area contributed by atoms with Crippen molar-refractivity contribution in [1.82, 2.24) is 49.8 Å².